The molecule has 4 saturated carbocycles. The molecule has 0 aromatic carbocycles. The van der Waals surface area contributed by atoms with E-state index in [4.69, 9.17) is 9.47 Å². The van der Waals surface area contributed by atoms with E-state index in [9.17, 15) is 9.59 Å². The Bertz CT molecular complexity index is 760. The first-order chi connectivity index (χ1) is 15.7. The van der Waals surface area contributed by atoms with Crippen molar-refractivity contribution in [3.8, 4) is 0 Å². The van der Waals surface area contributed by atoms with Crippen molar-refractivity contribution in [2.45, 2.75) is 117 Å². The number of piperidine rings is 1. The Morgan fingerprint density at radius 2 is 1.48 bits per heavy atom. The molecule has 0 radical (unpaired) electrons. The third-order valence-corrected chi connectivity index (χ3v) is 11.0. The highest BCUT2D eigenvalue weighted by molar-refractivity contribution is 5.69. The van der Waals surface area contributed by atoms with Crippen LogP contribution in [0.2, 0.25) is 0 Å². The van der Waals surface area contributed by atoms with Crippen LogP contribution in [0.3, 0.4) is 0 Å². The third-order valence-electron chi connectivity index (χ3n) is 11.0. The normalized spacial score (nSPS) is 44.8. The van der Waals surface area contributed by atoms with Gasteiger partial charge >= 0.3 is 11.9 Å². The van der Waals surface area contributed by atoms with Crippen molar-refractivity contribution in [2.75, 3.05) is 13.1 Å². The van der Waals surface area contributed by atoms with E-state index in [0.717, 1.165) is 37.3 Å². The van der Waals surface area contributed by atoms with E-state index in [0.29, 0.717) is 17.8 Å². The molecule has 7 atom stereocenters. The molecular formula is C28H45NO4. The van der Waals surface area contributed by atoms with Crippen molar-refractivity contribution in [2.24, 2.45) is 34.5 Å². The molecule has 4 aliphatic carbocycles. The lowest BCUT2D eigenvalue weighted by Gasteiger charge is -2.64. The van der Waals surface area contributed by atoms with E-state index in [2.05, 4.69) is 18.7 Å². The van der Waals surface area contributed by atoms with Gasteiger partial charge in [0.15, 0.2) is 0 Å². The standard InChI is InChI=1S/C28H45NO4/c1-19(30)32-28(33-20(2)31)17-21-10-11-22-23-9-8-13-26(23,3)14-12-24(22)27(21,4)18-25(28)29-15-6-5-7-16-29/h21-25H,5-18H2,1-4H3/t21?,22-,23-,24-,25?,26-,27-/m0/s1. The van der Waals surface area contributed by atoms with E-state index in [-0.39, 0.29) is 23.4 Å². The van der Waals surface area contributed by atoms with E-state index in [1.54, 1.807) is 0 Å². The number of ether oxygens (including phenoxy) is 2. The maximum Gasteiger partial charge on any atom is 0.305 e. The van der Waals surface area contributed by atoms with Crippen molar-refractivity contribution in [3.63, 3.8) is 0 Å². The average Bonchev–Trinajstić information content (AvgIpc) is 3.15. The van der Waals surface area contributed by atoms with Gasteiger partial charge in [-0.2, -0.15) is 0 Å². The molecule has 5 nitrogen and oxygen atoms in total. The van der Waals surface area contributed by atoms with Crippen LogP contribution in [-0.4, -0.2) is 41.8 Å². The minimum atomic E-state index is -1.14. The number of carbonyl (C=O) groups excluding carboxylic acids is 2. The van der Waals surface area contributed by atoms with Crippen molar-refractivity contribution >= 4 is 11.9 Å². The Morgan fingerprint density at radius 3 is 2.15 bits per heavy atom. The van der Waals surface area contributed by atoms with Crippen molar-refractivity contribution in [1.82, 2.24) is 4.90 Å². The first-order valence-electron chi connectivity index (χ1n) is 13.8. The van der Waals surface area contributed by atoms with E-state index >= 15 is 0 Å². The molecule has 33 heavy (non-hydrogen) atoms. The summed E-state index contributed by atoms with van der Waals surface area (Å²) < 4.78 is 12.1. The van der Waals surface area contributed by atoms with Crippen LogP contribution in [0.15, 0.2) is 0 Å². The first kappa shape index (κ1) is 23.6. The summed E-state index contributed by atoms with van der Waals surface area (Å²) in [5, 5.41) is 0. The van der Waals surface area contributed by atoms with E-state index in [1.165, 1.54) is 78.1 Å². The predicted octanol–water partition coefficient (Wildman–Crippen LogP) is 5.71. The number of esters is 2. The molecule has 2 unspecified atom stereocenters. The van der Waals surface area contributed by atoms with E-state index in [1.807, 2.05) is 0 Å². The van der Waals surface area contributed by atoms with Crippen LogP contribution in [0.25, 0.3) is 0 Å². The number of rotatable bonds is 3. The second-order valence-electron chi connectivity index (χ2n) is 12.8. The van der Waals surface area contributed by atoms with Crippen molar-refractivity contribution in [3.05, 3.63) is 0 Å². The molecule has 186 valence electrons. The molecule has 1 heterocycles. The monoisotopic (exact) mass is 459 g/mol. The fourth-order valence-electron chi connectivity index (χ4n) is 9.60. The maximum absolute atomic E-state index is 12.3. The Hall–Kier alpha value is -1.10. The summed E-state index contributed by atoms with van der Waals surface area (Å²) in [5.41, 5.74) is 0.781. The molecule has 5 heteroatoms. The Labute approximate surface area is 200 Å². The summed E-state index contributed by atoms with van der Waals surface area (Å²) in [6.45, 7) is 10.1. The SMILES string of the molecule is CC(=O)OC1(OC(C)=O)CC2CC[C@H]3[C@@H]4CCC[C@@]4(C)CC[C@@H]3[C@@]2(C)CC1N1CCCCC1. The zero-order valence-corrected chi connectivity index (χ0v) is 21.4. The number of nitrogens with zero attached hydrogens (tertiary/aromatic N) is 1. The van der Waals surface area contributed by atoms with Gasteiger partial charge in [-0.3, -0.25) is 14.5 Å². The molecule has 0 bridgehead atoms. The summed E-state index contributed by atoms with van der Waals surface area (Å²) >= 11 is 0. The Balaban J connectivity index is 1.50. The van der Waals surface area contributed by atoms with Crippen LogP contribution in [0.5, 0.6) is 0 Å². The number of hydrogen-bond donors (Lipinski definition) is 0. The molecule has 5 rings (SSSR count). The highest BCUT2D eigenvalue weighted by Crippen LogP contribution is 2.67. The fraction of sp³-hybridized carbons (Fsp3) is 0.929. The maximum atomic E-state index is 12.3. The van der Waals surface area contributed by atoms with Gasteiger partial charge in [-0.1, -0.05) is 26.7 Å². The molecule has 0 aromatic rings. The van der Waals surface area contributed by atoms with Crippen molar-refractivity contribution in [1.29, 1.82) is 0 Å². The van der Waals surface area contributed by atoms with E-state index < -0.39 is 5.79 Å². The van der Waals surface area contributed by atoms with Gasteiger partial charge in [0, 0.05) is 20.3 Å². The minimum Gasteiger partial charge on any atom is -0.421 e. The number of fused-ring (bicyclic) bond motifs is 5. The summed E-state index contributed by atoms with van der Waals surface area (Å²) in [4.78, 5) is 27.1. The molecule has 5 fully saturated rings. The molecule has 1 saturated heterocycles. The lowest BCUT2D eigenvalue weighted by atomic mass is 9.44. The zero-order valence-electron chi connectivity index (χ0n) is 21.4. The molecule has 0 N–H and O–H groups in total. The number of carbonyl (C=O) groups is 2. The number of hydrogen-bond acceptors (Lipinski definition) is 5. The quantitative estimate of drug-likeness (QED) is 0.400. The highest BCUT2D eigenvalue weighted by atomic mass is 16.7. The van der Waals surface area contributed by atoms with Gasteiger partial charge in [0.25, 0.3) is 5.79 Å². The van der Waals surface area contributed by atoms with Crippen LogP contribution in [-0.2, 0) is 19.1 Å². The van der Waals surface area contributed by atoms with Gasteiger partial charge in [-0.05, 0) is 105 Å². The largest absolute Gasteiger partial charge is 0.421 e. The zero-order chi connectivity index (χ0) is 23.4. The Kier molecular flexibility index (Phi) is 6.11. The summed E-state index contributed by atoms with van der Waals surface area (Å²) in [6.07, 6.45) is 14.6. The third kappa shape index (κ3) is 3.94. The summed E-state index contributed by atoms with van der Waals surface area (Å²) in [6, 6.07) is -0.0394. The van der Waals surface area contributed by atoms with Gasteiger partial charge < -0.3 is 9.47 Å². The van der Waals surface area contributed by atoms with Crippen LogP contribution < -0.4 is 0 Å². The van der Waals surface area contributed by atoms with Gasteiger partial charge in [0.2, 0.25) is 0 Å². The predicted molar refractivity (Wildman–Crippen MR) is 127 cm³/mol. The molecule has 0 spiro atoms. The summed E-state index contributed by atoms with van der Waals surface area (Å²) in [7, 11) is 0. The van der Waals surface area contributed by atoms with Crippen LogP contribution >= 0.6 is 0 Å². The smallest absolute Gasteiger partial charge is 0.305 e. The highest BCUT2D eigenvalue weighted by Gasteiger charge is 2.64. The van der Waals surface area contributed by atoms with Gasteiger partial charge in [0.05, 0.1) is 6.04 Å². The van der Waals surface area contributed by atoms with Crippen LogP contribution in [0, 0.1) is 34.5 Å². The fourth-order valence-corrected chi connectivity index (χ4v) is 9.60. The van der Waals surface area contributed by atoms with Gasteiger partial charge in [-0.15, -0.1) is 0 Å². The second kappa shape index (κ2) is 8.53. The van der Waals surface area contributed by atoms with Crippen LogP contribution in [0.4, 0.5) is 0 Å². The molecule has 0 amide bonds. The molecule has 0 aromatic heterocycles. The topological polar surface area (TPSA) is 55.8 Å². The molecule has 5 aliphatic rings. The summed E-state index contributed by atoms with van der Waals surface area (Å²) in [5.74, 6) is 1.09. The number of likely N-dealkylation sites (tertiary alicyclic amines) is 1. The van der Waals surface area contributed by atoms with Crippen molar-refractivity contribution < 1.29 is 19.1 Å². The first-order valence-corrected chi connectivity index (χ1v) is 13.8. The van der Waals surface area contributed by atoms with Crippen LogP contribution in [0.1, 0.15) is 105 Å². The minimum absolute atomic E-state index is 0.0394. The van der Waals surface area contributed by atoms with Gasteiger partial charge in [-0.25, -0.2) is 0 Å². The second-order valence-corrected chi connectivity index (χ2v) is 12.8. The average molecular weight is 460 g/mol. The Morgan fingerprint density at radius 1 is 0.788 bits per heavy atom. The lowest BCUT2D eigenvalue weighted by Crippen LogP contribution is -2.67. The molecule has 1 aliphatic heterocycles. The molecular weight excluding hydrogens is 414 g/mol. The van der Waals surface area contributed by atoms with Gasteiger partial charge in [0.1, 0.15) is 0 Å². The lowest BCUT2D eigenvalue weighted by molar-refractivity contribution is -0.287.